The molecule has 0 N–H and O–H groups in total. The Bertz CT molecular complexity index is 425. The van der Waals surface area contributed by atoms with E-state index >= 15 is 0 Å². The van der Waals surface area contributed by atoms with E-state index in [1.54, 1.807) is 19.2 Å². The molecule has 0 saturated carbocycles. The minimum absolute atomic E-state index is 0.332. The smallest absolute Gasteiger partial charge is 0.232 e. The average molecular weight is 243 g/mol. The predicted molar refractivity (Wildman–Crippen MR) is 65.2 cm³/mol. The first-order chi connectivity index (χ1) is 7.45. The quantitative estimate of drug-likeness (QED) is 0.785. The Kier molecular flexibility index (Phi) is 4.32. The van der Waals surface area contributed by atoms with Crippen molar-refractivity contribution in [3.8, 4) is 0 Å². The lowest BCUT2D eigenvalue weighted by Crippen LogP contribution is -2.32. The molecule has 0 aromatic heterocycles. The van der Waals surface area contributed by atoms with Gasteiger partial charge in [-0.2, -0.15) is 0 Å². The topological polar surface area (TPSA) is 46.6 Å². The van der Waals surface area contributed by atoms with Gasteiger partial charge in [-0.3, -0.25) is 4.31 Å². The van der Waals surface area contributed by atoms with Gasteiger partial charge in [0.05, 0.1) is 25.1 Å². The molecule has 90 valence electrons. The maximum absolute atomic E-state index is 11.6. The third-order valence-electron chi connectivity index (χ3n) is 2.22. The molecule has 0 spiro atoms. The minimum Gasteiger partial charge on any atom is -0.383 e. The van der Waals surface area contributed by atoms with E-state index in [-0.39, 0.29) is 0 Å². The maximum atomic E-state index is 11.6. The maximum Gasteiger partial charge on any atom is 0.232 e. The van der Waals surface area contributed by atoms with Gasteiger partial charge in [-0.15, -0.1) is 0 Å². The van der Waals surface area contributed by atoms with Gasteiger partial charge in [0.25, 0.3) is 0 Å². The average Bonchev–Trinajstić information content (AvgIpc) is 2.19. The molecule has 0 amide bonds. The van der Waals surface area contributed by atoms with Crippen LogP contribution in [0.2, 0.25) is 0 Å². The number of nitrogens with zero attached hydrogens (tertiary/aromatic N) is 1. The zero-order valence-electron chi connectivity index (χ0n) is 9.80. The Morgan fingerprint density at radius 3 is 2.25 bits per heavy atom. The standard InChI is InChI=1S/C11H17NO3S/c1-10-4-6-11(7-5-10)12(8-9-15-2)16(3,13)14/h4-7H,8-9H2,1-3H3. The van der Waals surface area contributed by atoms with Gasteiger partial charge in [-0.05, 0) is 19.1 Å². The highest BCUT2D eigenvalue weighted by Gasteiger charge is 2.16. The van der Waals surface area contributed by atoms with E-state index in [0.29, 0.717) is 18.8 Å². The highest BCUT2D eigenvalue weighted by Crippen LogP contribution is 2.17. The molecule has 0 radical (unpaired) electrons. The van der Waals surface area contributed by atoms with Crippen LogP contribution >= 0.6 is 0 Å². The predicted octanol–water partition coefficient (Wildman–Crippen LogP) is 1.41. The zero-order valence-corrected chi connectivity index (χ0v) is 10.6. The molecule has 0 aliphatic heterocycles. The largest absolute Gasteiger partial charge is 0.383 e. The van der Waals surface area contributed by atoms with Crippen LogP contribution in [0, 0.1) is 6.92 Å². The van der Waals surface area contributed by atoms with Gasteiger partial charge < -0.3 is 4.74 Å². The molecule has 0 aliphatic carbocycles. The lowest BCUT2D eigenvalue weighted by Gasteiger charge is -2.22. The second-order valence-electron chi connectivity index (χ2n) is 3.66. The number of rotatable bonds is 5. The molecule has 0 fully saturated rings. The first-order valence-electron chi connectivity index (χ1n) is 4.98. The summed E-state index contributed by atoms with van der Waals surface area (Å²) in [6.45, 7) is 2.67. The van der Waals surface area contributed by atoms with Crippen molar-refractivity contribution in [2.24, 2.45) is 0 Å². The van der Waals surface area contributed by atoms with Crippen molar-refractivity contribution in [3.05, 3.63) is 29.8 Å². The van der Waals surface area contributed by atoms with Crippen LogP contribution in [0.1, 0.15) is 5.56 Å². The Labute approximate surface area is 96.9 Å². The number of methoxy groups -OCH3 is 1. The molecule has 1 aromatic carbocycles. The fourth-order valence-electron chi connectivity index (χ4n) is 1.37. The van der Waals surface area contributed by atoms with Crippen molar-refractivity contribution in [2.75, 3.05) is 30.8 Å². The highest BCUT2D eigenvalue weighted by atomic mass is 32.2. The molecular weight excluding hydrogens is 226 g/mol. The molecule has 1 rings (SSSR count). The van der Waals surface area contributed by atoms with Gasteiger partial charge in [0.15, 0.2) is 0 Å². The van der Waals surface area contributed by atoms with Crippen LogP contribution in [0.25, 0.3) is 0 Å². The third-order valence-corrected chi connectivity index (χ3v) is 3.41. The van der Waals surface area contributed by atoms with Crippen LogP contribution in [-0.2, 0) is 14.8 Å². The molecule has 0 aliphatic rings. The van der Waals surface area contributed by atoms with Crippen molar-refractivity contribution >= 4 is 15.7 Å². The zero-order chi connectivity index (χ0) is 12.2. The van der Waals surface area contributed by atoms with Crippen LogP contribution in [0.5, 0.6) is 0 Å². The lowest BCUT2D eigenvalue weighted by molar-refractivity contribution is 0.208. The lowest BCUT2D eigenvalue weighted by atomic mass is 10.2. The Hall–Kier alpha value is -1.07. The number of hydrogen-bond acceptors (Lipinski definition) is 3. The summed E-state index contributed by atoms with van der Waals surface area (Å²) in [6, 6.07) is 7.37. The first kappa shape index (κ1) is 13.0. The minimum atomic E-state index is -3.25. The number of anilines is 1. The van der Waals surface area contributed by atoms with Crippen molar-refractivity contribution in [1.29, 1.82) is 0 Å². The van der Waals surface area contributed by atoms with Gasteiger partial charge in [0, 0.05) is 7.11 Å². The third kappa shape index (κ3) is 3.50. The summed E-state index contributed by atoms with van der Waals surface area (Å²) in [4.78, 5) is 0. The number of sulfonamides is 1. The second-order valence-corrected chi connectivity index (χ2v) is 5.57. The van der Waals surface area contributed by atoms with Gasteiger partial charge in [-0.1, -0.05) is 17.7 Å². The SMILES string of the molecule is COCCN(c1ccc(C)cc1)S(C)(=O)=O. The van der Waals surface area contributed by atoms with Crippen LogP contribution in [0.3, 0.4) is 0 Å². The van der Waals surface area contributed by atoms with Crippen LogP contribution in [0.15, 0.2) is 24.3 Å². The highest BCUT2D eigenvalue weighted by molar-refractivity contribution is 7.92. The van der Waals surface area contributed by atoms with E-state index in [0.717, 1.165) is 5.56 Å². The van der Waals surface area contributed by atoms with Crippen LogP contribution < -0.4 is 4.31 Å². The number of ether oxygens (including phenoxy) is 1. The molecule has 0 bridgehead atoms. The Morgan fingerprint density at radius 1 is 1.25 bits per heavy atom. The molecule has 5 heteroatoms. The summed E-state index contributed by atoms with van der Waals surface area (Å²) in [5.74, 6) is 0. The summed E-state index contributed by atoms with van der Waals surface area (Å²) in [7, 11) is -1.70. The molecule has 0 unspecified atom stereocenters. The molecule has 16 heavy (non-hydrogen) atoms. The van der Waals surface area contributed by atoms with E-state index in [9.17, 15) is 8.42 Å². The fraction of sp³-hybridized carbons (Fsp3) is 0.455. The van der Waals surface area contributed by atoms with Crippen molar-refractivity contribution in [2.45, 2.75) is 6.92 Å². The van der Waals surface area contributed by atoms with Crippen LogP contribution in [-0.4, -0.2) is 34.9 Å². The fourth-order valence-corrected chi connectivity index (χ4v) is 2.28. The van der Waals surface area contributed by atoms with Crippen LogP contribution in [0.4, 0.5) is 5.69 Å². The van der Waals surface area contributed by atoms with E-state index < -0.39 is 10.0 Å². The Morgan fingerprint density at radius 2 is 1.81 bits per heavy atom. The normalized spacial score (nSPS) is 11.4. The van der Waals surface area contributed by atoms with Gasteiger partial charge in [0.1, 0.15) is 0 Å². The Balaban J connectivity index is 2.97. The van der Waals surface area contributed by atoms with Crippen molar-refractivity contribution in [3.63, 3.8) is 0 Å². The van der Waals surface area contributed by atoms with Gasteiger partial charge in [-0.25, -0.2) is 8.42 Å². The van der Waals surface area contributed by atoms with E-state index in [1.165, 1.54) is 10.6 Å². The van der Waals surface area contributed by atoms with E-state index in [2.05, 4.69) is 0 Å². The molecule has 0 heterocycles. The van der Waals surface area contributed by atoms with Crippen molar-refractivity contribution < 1.29 is 13.2 Å². The summed E-state index contributed by atoms with van der Waals surface area (Å²) in [5.41, 5.74) is 1.77. The van der Waals surface area contributed by atoms with E-state index in [4.69, 9.17) is 4.74 Å². The summed E-state index contributed by atoms with van der Waals surface area (Å²) in [5, 5.41) is 0. The second kappa shape index (κ2) is 5.32. The number of hydrogen-bond donors (Lipinski definition) is 0. The molecule has 1 aromatic rings. The summed E-state index contributed by atoms with van der Waals surface area (Å²) in [6.07, 6.45) is 1.20. The molecule has 4 nitrogen and oxygen atoms in total. The van der Waals surface area contributed by atoms with Gasteiger partial charge in [0.2, 0.25) is 10.0 Å². The molecular formula is C11H17NO3S. The van der Waals surface area contributed by atoms with E-state index in [1.807, 2.05) is 19.1 Å². The number of aryl methyl sites for hydroxylation is 1. The summed E-state index contributed by atoms with van der Waals surface area (Å²) >= 11 is 0. The van der Waals surface area contributed by atoms with Crippen molar-refractivity contribution in [1.82, 2.24) is 0 Å². The molecule has 0 saturated heterocycles. The first-order valence-corrected chi connectivity index (χ1v) is 6.83. The van der Waals surface area contributed by atoms with Gasteiger partial charge >= 0.3 is 0 Å². The number of benzene rings is 1. The summed E-state index contributed by atoms with van der Waals surface area (Å²) < 4.78 is 29.4. The monoisotopic (exact) mass is 243 g/mol. The molecule has 0 atom stereocenters.